The van der Waals surface area contributed by atoms with Crippen LogP contribution in [0, 0.1) is 0 Å². The lowest BCUT2D eigenvalue weighted by Crippen LogP contribution is -1.96. The largest absolute Gasteiger partial charge is 0.298 e. The average Bonchev–Trinajstić information content (AvgIpc) is 2.90. The van der Waals surface area contributed by atoms with Gasteiger partial charge in [-0.2, -0.15) is 0 Å². The average molecular weight is 274 g/mol. The number of rotatable bonds is 5. The zero-order valence-electron chi connectivity index (χ0n) is 12.0. The highest BCUT2D eigenvalue weighted by atomic mass is 16.1. The molecule has 0 spiro atoms. The van der Waals surface area contributed by atoms with Crippen LogP contribution in [-0.2, 0) is 24.1 Å². The van der Waals surface area contributed by atoms with Gasteiger partial charge in [0.25, 0.3) is 0 Å². The molecule has 0 N–H and O–H groups in total. The summed E-state index contributed by atoms with van der Waals surface area (Å²) in [6, 6.07) is 16.9. The van der Waals surface area contributed by atoms with Crippen molar-refractivity contribution in [1.82, 2.24) is 0 Å². The Kier molecular flexibility index (Phi) is 3.83. The molecular formula is C20H18O. The summed E-state index contributed by atoms with van der Waals surface area (Å²) < 4.78 is 0. The highest BCUT2D eigenvalue weighted by molar-refractivity contribution is 5.86. The molecule has 1 aliphatic rings. The van der Waals surface area contributed by atoms with Crippen LogP contribution < -0.4 is 0 Å². The maximum Gasteiger partial charge on any atom is 0.146 e. The van der Waals surface area contributed by atoms with Crippen molar-refractivity contribution in [3.05, 3.63) is 88.5 Å². The second kappa shape index (κ2) is 5.92. The van der Waals surface area contributed by atoms with Crippen molar-refractivity contribution >= 4 is 12.4 Å². The summed E-state index contributed by atoms with van der Waals surface area (Å²) in [6.45, 7) is 4.20. The fraction of sp³-hybridized carbons (Fsp3) is 0.150. The molecular weight excluding hydrogens is 256 g/mol. The summed E-state index contributed by atoms with van der Waals surface area (Å²) >= 11 is 0. The number of benzene rings is 2. The Balaban J connectivity index is 1.67. The lowest BCUT2D eigenvalue weighted by Gasteiger charge is -2.08. The van der Waals surface area contributed by atoms with Crippen LogP contribution in [0.15, 0.2) is 66.3 Å². The first-order chi connectivity index (χ1) is 10.2. The van der Waals surface area contributed by atoms with E-state index in [0.29, 0.717) is 0 Å². The maximum atomic E-state index is 10.9. The quantitative estimate of drug-likeness (QED) is 0.591. The van der Waals surface area contributed by atoms with Crippen molar-refractivity contribution in [3.63, 3.8) is 0 Å². The topological polar surface area (TPSA) is 17.1 Å². The van der Waals surface area contributed by atoms with Gasteiger partial charge >= 0.3 is 0 Å². The van der Waals surface area contributed by atoms with Crippen molar-refractivity contribution in [3.8, 4) is 0 Å². The van der Waals surface area contributed by atoms with Crippen LogP contribution in [0.3, 0.4) is 0 Å². The third-order valence-electron chi connectivity index (χ3n) is 3.85. The van der Waals surface area contributed by atoms with Gasteiger partial charge in [-0.3, -0.25) is 4.79 Å². The van der Waals surface area contributed by atoms with E-state index < -0.39 is 0 Å². The van der Waals surface area contributed by atoms with Gasteiger partial charge in [-0.25, -0.2) is 0 Å². The lowest BCUT2D eigenvalue weighted by atomic mass is 9.97. The van der Waals surface area contributed by atoms with Gasteiger partial charge in [0.1, 0.15) is 6.29 Å². The zero-order valence-corrected chi connectivity index (χ0v) is 12.0. The molecule has 0 saturated carbocycles. The normalized spacial score (nSPS) is 12.7. The van der Waals surface area contributed by atoms with E-state index in [2.05, 4.69) is 49.0 Å². The Morgan fingerprint density at radius 3 is 2.57 bits per heavy atom. The molecule has 1 heteroatoms. The Morgan fingerprint density at radius 1 is 1.05 bits per heavy atom. The molecule has 1 aliphatic carbocycles. The second-order valence-corrected chi connectivity index (χ2v) is 5.64. The molecule has 0 unspecified atom stereocenters. The van der Waals surface area contributed by atoms with Gasteiger partial charge in [-0.1, -0.05) is 60.7 Å². The summed E-state index contributed by atoms with van der Waals surface area (Å²) in [6.07, 6.45) is 5.49. The van der Waals surface area contributed by atoms with Crippen molar-refractivity contribution < 1.29 is 4.79 Å². The monoisotopic (exact) mass is 274 g/mol. The van der Waals surface area contributed by atoms with E-state index in [1.807, 2.05) is 12.1 Å². The molecule has 2 aromatic carbocycles. The summed E-state index contributed by atoms with van der Waals surface area (Å²) in [5.74, 6) is 0. The minimum absolute atomic E-state index is 0.762. The van der Waals surface area contributed by atoms with Gasteiger partial charge in [0.05, 0.1) is 0 Å². The SMILES string of the molecule is C=C(Cc1ccccc1)Cc1ccc2c(c1)CC(C=O)=C2. The number of allylic oxidation sites excluding steroid dienone is 2. The molecule has 0 atom stereocenters. The fourth-order valence-corrected chi connectivity index (χ4v) is 2.85. The van der Waals surface area contributed by atoms with E-state index in [0.717, 1.165) is 31.1 Å². The van der Waals surface area contributed by atoms with Crippen LogP contribution in [0.25, 0.3) is 6.08 Å². The van der Waals surface area contributed by atoms with Crippen LogP contribution in [-0.4, -0.2) is 6.29 Å². The number of carbonyl (C=O) groups is 1. The van der Waals surface area contributed by atoms with Crippen LogP contribution in [0.2, 0.25) is 0 Å². The van der Waals surface area contributed by atoms with Gasteiger partial charge in [0.2, 0.25) is 0 Å². The first-order valence-corrected chi connectivity index (χ1v) is 7.23. The highest BCUT2D eigenvalue weighted by Gasteiger charge is 2.12. The molecule has 104 valence electrons. The molecule has 3 rings (SSSR count). The lowest BCUT2D eigenvalue weighted by molar-refractivity contribution is -0.104. The number of hydrogen-bond acceptors (Lipinski definition) is 1. The molecule has 0 aromatic heterocycles. The van der Waals surface area contributed by atoms with E-state index in [-0.39, 0.29) is 0 Å². The standard InChI is InChI=1S/C20H18O/c1-15(9-16-5-3-2-4-6-16)10-17-7-8-19-12-18(14-21)13-20(19)11-17/h2-8,11-12,14H,1,9-10,13H2. The first-order valence-electron chi connectivity index (χ1n) is 7.23. The van der Waals surface area contributed by atoms with Crippen LogP contribution >= 0.6 is 0 Å². The molecule has 2 aromatic rings. The van der Waals surface area contributed by atoms with Crippen molar-refractivity contribution in [1.29, 1.82) is 0 Å². The Labute approximate surface area is 125 Å². The molecule has 21 heavy (non-hydrogen) atoms. The Hall–Kier alpha value is -2.41. The molecule has 0 aliphatic heterocycles. The summed E-state index contributed by atoms with van der Waals surface area (Å²) in [7, 11) is 0. The Morgan fingerprint density at radius 2 is 1.81 bits per heavy atom. The van der Waals surface area contributed by atoms with Gasteiger partial charge in [0, 0.05) is 6.42 Å². The van der Waals surface area contributed by atoms with E-state index in [1.165, 1.54) is 27.8 Å². The molecule has 0 amide bonds. The maximum absolute atomic E-state index is 10.9. The number of carbonyl (C=O) groups excluding carboxylic acids is 1. The van der Waals surface area contributed by atoms with Crippen LogP contribution in [0.5, 0.6) is 0 Å². The molecule has 0 heterocycles. The second-order valence-electron chi connectivity index (χ2n) is 5.64. The van der Waals surface area contributed by atoms with Crippen LogP contribution in [0.1, 0.15) is 22.3 Å². The van der Waals surface area contributed by atoms with Crippen LogP contribution in [0.4, 0.5) is 0 Å². The summed E-state index contributed by atoms with van der Waals surface area (Å²) in [5.41, 5.74) is 7.08. The first kappa shape index (κ1) is 13.6. The van der Waals surface area contributed by atoms with Crippen molar-refractivity contribution in [2.24, 2.45) is 0 Å². The summed E-state index contributed by atoms with van der Waals surface area (Å²) in [4.78, 5) is 10.9. The smallest absolute Gasteiger partial charge is 0.146 e. The van der Waals surface area contributed by atoms with Gasteiger partial charge in [0.15, 0.2) is 0 Å². The third kappa shape index (κ3) is 3.19. The predicted molar refractivity (Wildman–Crippen MR) is 87.2 cm³/mol. The minimum atomic E-state index is 0.762. The highest BCUT2D eigenvalue weighted by Crippen LogP contribution is 2.26. The third-order valence-corrected chi connectivity index (χ3v) is 3.85. The minimum Gasteiger partial charge on any atom is -0.298 e. The molecule has 0 radical (unpaired) electrons. The van der Waals surface area contributed by atoms with E-state index in [1.54, 1.807) is 0 Å². The van der Waals surface area contributed by atoms with E-state index >= 15 is 0 Å². The zero-order chi connectivity index (χ0) is 14.7. The van der Waals surface area contributed by atoms with Gasteiger partial charge in [-0.05, 0) is 46.7 Å². The molecule has 1 nitrogen and oxygen atoms in total. The van der Waals surface area contributed by atoms with E-state index in [9.17, 15) is 4.79 Å². The van der Waals surface area contributed by atoms with Crippen molar-refractivity contribution in [2.45, 2.75) is 19.3 Å². The fourth-order valence-electron chi connectivity index (χ4n) is 2.85. The molecule has 0 bridgehead atoms. The van der Waals surface area contributed by atoms with E-state index in [4.69, 9.17) is 0 Å². The summed E-state index contributed by atoms with van der Waals surface area (Å²) in [5, 5.41) is 0. The Bertz CT molecular complexity index is 708. The molecule has 0 fully saturated rings. The van der Waals surface area contributed by atoms with Gasteiger partial charge < -0.3 is 0 Å². The van der Waals surface area contributed by atoms with Crippen molar-refractivity contribution in [2.75, 3.05) is 0 Å². The number of aldehydes is 1. The predicted octanol–water partition coefficient (Wildman–Crippen LogP) is 4.17. The number of hydrogen-bond donors (Lipinski definition) is 0. The molecule has 0 saturated heterocycles. The van der Waals surface area contributed by atoms with Gasteiger partial charge in [-0.15, -0.1) is 0 Å². The number of fused-ring (bicyclic) bond motifs is 1.